The van der Waals surface area contributed by atoms with Gasteiger partial charge in [0.2, 0.25) is 0 Å². The van der Waals surface area contributed by atoms with Gasteiger partial charge in [-0.1, -0.05) is 25.1 Å². The largest absolute Gasteiger partial charge is 0.481 e. The number of urea groups is 1. The standard InChI is InChI=1S/C15H20N2O3/c1-10-7-12(14(18)19)9-17(8-10)15(20)16-13-6-4-3-5-11(13)2/h3-6,10,12H,7-9H2,1-2H3,(H,16,20)(H,18,19). The zero-order valence-corrected chi connectivity index (χ0v) is 11.8. The van der Waals surface area contributed by atoms with E-state index in [0.717, 1.165) is 11.3 Å². The van der Waals surface area contributed by atoms with Gasteiger partial charge in [0.15, 0.2) is 0 Å². The molecule has 0 radical (unpaired) electrons. The molecule has 0 saturated carbocycles. The first kappa shape index (κ1) is 14.4. The van der Waals surface area contributed by atoms with E-state index in [0.29, 0.717) is 13.0 Å². The predicted octanol–water partition coefficient (Wildman–Crippen LogP) is 2.57. The van der Waals surface area contributed by atoms with Gasteiger partial charge in [-0.15, -0.1) is 0 Å². The fourth-order valence-electron chi connectivity index (χ4n) is 2.60. The highest BCUT2D eigenvalue weighted by Crippen LogP contribution is 2.23. The molecule has 1 aromatic carbocycles. The summed E-state index contributed by atoms with van der Waals surface area (Å²) >= 11 is 0. The SMILES string of the molecule is Cc1ccccc1NC(=O)N1CC(C)CC(C(=O)O)C1. The predicted molar refractivity (Wildman–Crippen MR) is 76.7 cm³/mol. The normalized spacial score (nSPS) is 22.4. The minimum absolute atomic E-state index is 0.201. The van der Waals surface area contributed by atoms with Gasteiger partial charge in [0.05, 0.1) is 5.92 Å². The first-order valence-electron chi connectivity index (χ1n) is 6.81. The van der Waals surface area contributed by atoms with E-state index in [9.17, 15) is 9.59 Å². The summed E-state index contributed by atoms with van der Waals surface area (Å²) in [5.74, 6) is -1.10. The second-order valence-corrected chi connectivity index (χ2v) is 5.53. The number of hydrogen-bond acceptors (Lipinski definition) is 2. The van der Waals surface area contributed by atoms with Crippen LogP contribution in [0.4, 0.5) is 10.5 Å². The van der Waals surface area contributed by atoms with Crippen molar-refractivity contribution in [3.63, 3.8) is 0 Å². The molecule has 0 spiro atoms. The second-order valence-electron chi connectivity index (χ2n) is 5.53. The molecule has 5 nitrogen and oxygen atoms in total. The van der Waals surface area contributed by atoms with Gasteiger partial charge in [0, 0.05) is 18.8 Å². The maximum absolute atomic E-state index is 12.3. The lowest BCUT2D eigenvalue weighted by Gasteiger charge is -2.34. The van der Waals surface area contributed by atoms with Gasteiger partial charge >= 0.3 is 12.0 Å². The molecule has 1 aromatic rings. The lowest BCUT2D eigenvalue weighted by atomic mass is 9.91. The summed E-state index contributed by atoms with van der Waals surface area (Å²) in [6.07, 6.45) is 0.628. The van der Waals surface area contributed by atoms with Crippen molar-refractivity contribution in [2.45, 2.75) is 20.3 Å². The number of carboxylic acids is 1. The van der Waals surface area contributed by atoms with Gasteiger partial charge in [-0.05, 0) is 30.9 Å². The van der Waals surface area contributed by atoms with Crippen LogP contribution < -0.4 is 5.32 Å². The van der Waals surface area contributed by atoms with E-state index in [1.54, 1.807) is 4.90 Å². The smallest absolute Gasteiger partial charge is 0.321 e. The molecule has 20 heavy (non-hydrogen) atoms. The van der Waals surface area contributed by atoms with Crippen molar-refractivity contribution in [3.8, 4) is 0 Å². The van der Waals surface area contributed by atoms with E-state index in [4.69, 9.17) is 5.11 Å². The number of aryl methyl sites for hydroxylation is 1. The summed E-state index contributed by atoms with van der Waals surface area (Å²) in [6, 6.07) is 7.32. The molecule has 1 fully saturated rings. The number of benzene rings is 1. The highest BCUT2D eigenvalue weighted by Gasteiger charge is 2.31. The molecule has 1 heterocycles. The van der Waals surface area contributed by atoms with Crippen LogP contribution in [0.2, 0.25) is 0 Å². The van der Waals surface area contributed by atoms with Crippen LogP contribution >= 0.6 is 0 Å². The van der Waals surface area contributed by atoms with Crippen LogP contribution in [0.15, 0.2) is 24.3 Å². The molecular weight excluding hydrogens is 256 g/mol. The number of para-hydroxylation sites is 1. The van der Waals surface area contributed by atoms with E-state index >= 15 is 0 Å². The molecule has 2 unspecified atom stereocenters. The Morgan fingerprint density at radius 2 is 2.00 bits per heavy atom. The minimum Gasteiger partial charge on any atom is -0.481 e. The van der Waals surface area contributed by atoms with Gasteiger partial charge < -0.3 is 15.3 Å². The number of hydrogen-bond donors (Lipinski definition) is 2. The van der Waals surface area contributed by atoms with Gasteiger partial charge in [-0.3, -0.25) is 4.79 Å². The van der Waals surface area contributed by atoms with Gasteiger partial charge in [-0.25, -0.2) is 4.79 Å². The highest BCUT2D eigenvalue weighted by molar-refractivity contribution is 5.90. The maximum Gasteiger partial charge on any atom is 0.321 e. The second kappa shape index (κ2) is 5.94. The van der Waals surface area contributed by atoms with Crippen LogP contribution in [-0.2, 0) is 4.79 Å². The third kappa shape index (κ3) is 3.29. The number of anilines is 1. The molecule has 2 N–H and O–H groups in total. The minimum atomic E-state index is -0.828. The first-order chi connectivity index (χ1) is 9.47. The number of piperidine rings is 1. The molecule has 0 bridgehead atoms. The van der Waals surface area contributed by atoms with Crippen molar-refractivity contribution >= 4 is 17.7 Å². The van der Waals surface area contributed by atoms with E-state index in [1.807, 2.05) is 38.1 Å². The summed E-state index contributed by atoms with van der Waals surface area (Å²) in [5, 5.41) is 12.0. The van der Waals surface area contributed by atoms with E-state index in [2.05, 4.69) is 5.32 Å². The highest BCUT2D eigenvalue weighted by atomic mass is 16.4. The number of rotatable bonds is 2. The first-order valence-corrected chi connectivity index (χ1v) is 6.81. The third-order valence-electron chi connectivity index (χ3n) is 3.68. The number of amides is 2. The molecule has 0 aliphatic carbocycles. The van der Waals surface area contributed by atoms with Crippen molar-refractivity contribution in [1.29, 1.82) is 0 Å². The number of nitrogens with zero attached hydrogens (tertiary/aromatic N) is 1. The average molecular weight is 276 g/mol. The van der Waals surface area contributed by atoms with Crippen molar-refractivity contribution in [2.24, 2.45) is 11.8 Å². The summed E-state index contributed by atoms with van der Waals surface area (Å²) < 4.78 is 0. The summed E-state index contributed by atoms with van der Waals surface area (Å²) in [6.45, 7) is 4.77. The number of likely N-dealkylation sites (tertiary alicyclic amines) is 1. The number of nitrogens with one attached hydrogen (secondary N) is 1. The molecular formula is C15H20N2O3. The monoisotopic (exact) mass is 276 g/mol. The number of aliphatic carboxylic acids is 1. The summed E-state index contributed by atoms with van der Waals surface area (Å²) in [5.41, 5.74) is 1.75. The molecule has 108 valence electrons. The molecule has 1 aliphatic rings. The summed E-state index contributed by atoms with van der Waals surface area (Å²) in [7, 11) is 0. The lowest BCUT2D eigenvalue weighted by Crippen LogP contribution is -2.47. The Hall–Kier alpha value is -2.04. The lowest BCUT2D eigenvalue weighted by molar-refractivity contribution is -0.143. The quantitative estimate of drug-likeness (QED) is 0.872. The number of carbonyl (C=O) groups is 2. The number of carbonyl (C=O) groups excluding carboxylic acids is 1. The molecule has 5 heteroatoms. The Morgan fingerprint density at radius 1 is 1.30 bits per heavy atom. The zero-order chi connectivity index (χ0) is 14.7. The molecule has 1 saturated heterocycles. The van der Waals surface area contributed by atoms with Gasteiger partial charge in [-0.2, -0.15) is 0 Å². The fourth-order valence-corrected chi connectivity index (χ4v) is 2.60. The summed E-state index contributed by atoms with van der Waals surface area (Å²) in [4.78, 5) is 25.0. The Labute approximate surface area is 118 Å². The number of carboxylic acid groups (broad SMARTS) is 1. The van der Waals surface area contributed by atoms with Gasteiger partial charge in [0.25, 0.3) is 0 Å². The van der Waals surface area contributed by atoms with Gasteiger partial charge in [0.1, 0.15) is 0 Å². The molecule has 2 atom stereocenters. The van der Waals surface area contributed by atoms with Crippen molar-refractivity contribution in [2.75, 3.05) is 18.4 Å². The third-order valence-corrected chi connectivity index (χ3v) is 3.68. The van der Waals surface area contributed by atoms with Crippen molar-refractivity contribution in [1.82, 2.24) is 4.90 Å². The Morgan fingerprint density at radius 3 is 2.65 bits per heavy atom. The van der Waals surface area contributed by atoms with Crippen LogP contribution in [0, 0.1) is 18.8 Å². The zero-order valence-electron chi connectivity index (χ0n) is 11.8. The molecule has 2 amide bonds. The van der Waals surface area contributed by atoms with Crippen LogP contribution in [0.1, 0.15) is 18.9 Å². The molecule has 2 rings (SSSR count). The Balaban J connectivity index is 2.05. The molecule has 1 aliphatic heterocycles. The van der Waals surface area contributed by atoms with E-state index in [-0.39, 0.29) is 18.5 Å². The topological polar surface area (TPSA) is 69.6 Å². The van der Waals surface area contributed by atoms with Crippen molar-refractivity contribution < 1.29 is 14.7 Å². The molecule has 0 aromatic heterocycles. The van der Waals surface area contributed by atoms with Crippen LogP contribution in [0.3, 0.4) is 0 Å². The van der Waals surface area contributed by atoms with E-state index < -0.39 is 11.9 Å². The average Bonchev–Trinajstić information content (AvgIpc) is 2.40. The Kier molecular flexibility index (Phi) is 4.27. The Bertz CT molecular complexity index is 516. The van der Waals surface area contributed by atoms with Crippen molar-refractivity contribution in [3.05, 3.63) is 29.8 Å². The van der Waals surface area contributed by atoms with Crippen LogP contribution in [-0.4, -0.2) is 35.1 Å². The van der Waals surface area contributed by atoms with Crippen LogP contribution in [0.25, 0.3) is 0 Å². The van der Waals surface area contributed by atoms with Crippen LogP contribution in [0.5, 0.6) is 0 Å². The van der Waals surface area contributed by atoms with E-state index in [1.165, 1.54) is 0 Å². The fraction of sp³-hybridized carbons (Fsp3) is 0.467. The maximum atomic E-state index is 12.3.